The maximum absolute atomic E-state index is 12.9. The number of morpholine rings is 1. The maximum atomic E-state index is 12.9. The summed E-state index contributed by atoms with van der Waals surface area (Å²) in [4.78, 5) is 17.6. The molecule has 2 aromatic rings. The van der Waals surface area contributed by atoms with Crippen LogP contribution in [0.4, 0.5) is 5.69 Å². The van der Waals surface area contributed by atoms with Gasteiger partial charge in [0.1, 0.15) is 0 Å². The van der Waals surface area contributed by atoms with Gasteiger partial charge in [0.2, 0.25) is 0 Å². The lowest BCUT2D eigenvalue weighted by atomic mass is 9.86. The molecule has 1 amide bonds. The van der Waals surface area contributed by atoms with Crippen LogP contribution in [0.1, 0.15) is 53.9 Å². The second-order valence-corrected chi connectivity index (χ2v) is 9.76. The molecule has 0 aliphatic carbocycles. The highest BCUT2D eigenvalue weighted by Crippen LogP contribution is 2.31. The van der Waals surface area contributed by atoms with E-state index in [4.69, 9.17) is 4.74 Å². The molecule has 1 fully saturated rings. The quantitative estimate of drug-likeness (QED) is 0.798. The molecule has 2 aliphatic rings. The van der Waals surface area contributed by atoms with E-state index in [0.29, 0.717) is 12.1 Å². The Kier molecular flexibility index (Phi) is 6.35. The number of rotatable bonds is 5. The van der Waals surface area contributed by atoms with Gasteiger partial charge in [0.05, 0.1) is 19.3 Å². The fraction of sp³-hybridized carbons (Fsp3) is 0.500. The molecule has 2 aromatic carbocycles. The second-order valence-electron chi connectivity index (χ2n) is 9.76. The minimum Gasteiger partial charge on any atom is -0.379 e. The highest BCUT2D eigenvalue weighted by atomic mass is 16.5. The average Bonchev–Trinajstić information content (AvgIpc) is 3.14. The van der Waals surface area contributed by atoms with Crippen LogP contribution in [-0.2, 0) is 16.6 Å². The summed E-state index contributed by atoms with van der Waals surface area (Å²) in [6.45, 7) is 11.5. The van der Waals surface area contributed by atoms with Crippen molar-refractivity contribution in [1.82, 2.24) is 10.2 Å². The summed E-state index contributed by atoms with van der Waals surface area (Å²) in [5.74, 6) is -0.0142. The van der Waals surface area contributed by atoms with Gasteiger partial charge in [-0.3, -0.25) is 9.69 Å². The molecule has 31 heavy (non-hydrogen) atoms. The second kappa shape index (κ2) is 9.01. The van der Waals surface area contributed by atoms with E-state index in [2.05, 4.69) is 73.3 Å². The molecule has 5 nitrogen and oxygen atoms in total. The van der Waals surface area contributed by atoms with Crippen molar-refractivity contribution in [2.24, 2.45) is 0 Å². The number of nitrogens with one attached hydrogen (secondary N) is 1. The normalized spacial score (nSPS) is 18.0. The van der Waals surface area contributed by atoms with E-state index in [1.807, 2.05) is 12.1 Å². The van der Waals surface area contributed by atoms with E-state index in [1.54, 1.807) is 0 Å². The molecule has 2 heterocycles. The summed E-state index contributed by atoms with van der Waals surface area (Å²) < 4.78 is 5.57. The summed E-state index contributed by atoms with van der Waals surface area (Å²) in [7, 11) is 2.15. The number of carbonyl (C=O) groups excluding carboxylic acids is 1. The summed E-state index contributed by atoms with van der Waals surface area (Å²) in [5, 5.41) is 3.20. The third kappa shape index (κ3) is 4.94. The first-order valence-corrected chi connectivity index (χ1v) is 11.4. The van der Waals surface area contributed by atoms with Crippen molar-refractivity contribution >= 4 is 11.6 Å². The van der Waals surface area contributed by atoms with E-state index in [1.165, 1.54) is 22.4 Å². The predicted molar refractivity (Wildman–Crippen MR) is 126 cm³/mol. The third-order valence-corrected chi connectivity index (χ3v) is 6.57. The van der Waals surface area contributed by atoms with Gasteiger partial charge in [0, 0.05) is 44.5 Å². The van der Waals surface area contributed by atoms with Crippen LogP contribution in [0.15, 0.2) is 42.5 Å². The number of anilines is 1. The lowest BCUT2D eigenvalue weighted by Crippen LogP contribution is -2.43. The number of amides is 1. The van der Waals surface area contributed by atoms with Crippen molar-refractivity contribution in [1.29, 1.82) is 0 Å². The number of fused-ring (bicyclic) bond motifs is 1. The summed E-state index contributed by atoms with van der Waals surface area (Å²) in [6, 6.07) is 14.9. The Morgan fingerprint density at radius 1 is 1.06 bits per heavy atom. The van der Waals surface area contributed by atoms with E-state index in [-0.39, 0.29) is 17.4 Å². The standard InChI is InChI=1S/C26H35N3O2/c1-26(2,3)22-8-5-19(6-9-22)25(30)27-18-24(29-13-15-31-16-14-29)20-7-10-23-21(17-20)11-12-28(23)4/h5-10,17,24H,11-16,18H2,1-4H3,(H,27,30). The molecule has 0 aromatic heterocycles. The fourth-order valence-electron chi connectivity index (χ4n) is 4.55. The molecule has 1 unspecified atom stereocenters. The first-order valence-electron chi connectivity index (χ1n) is 11.4. The SMILES string of the molecule is CN1CCc2cc(C(CNC(=O)c3ccc(C(C)(C)C)cc3)N3CCOCC3)ccc21. The van der Waals surface area contributed by atoms with Crippen LogP contribution in [0.25, 0.3) is 0 Å². The van der Waals surface area contributed by atoms with Crippen molar-refractivity contribution in [2.45, 2.75) is 38.6 Å². The minimum atomic E-state index is -0.0142. The van der Waals surface area contributed by atoms with Crippen molar-refractivity contribution in [2.75, 3.05) is 51.3 Å². The van der Waals surface area contributed by atoms with Gasteiger partial charge in [0.25, 0.3) is 5.91 Å². The predicted octanol–water partition coefficient (Wildman–Crippen LogP) is 3.78. The molecule has 0 saturated carbocycles. The lowest BCUT2D eigenvalue weighted by Gasteiger charge is -2.35. The van der Waals surface area contributed by atoms with Gasteiger partial charge in [-0.1, -0.05) is 45.0 Å². The van der Waals surface area contributed by atoms with E-state index in [0.717, 1.165) is 39.3 Å². The maximum Gasteiger partial charge on any atom is 0.251 e. The van der Waals surface area contributed by atoms with Gasteiger partial charge in [-0.2, -0.15) is 0 Å². The molecular formula is C26H35N3O2. The molecule has 0 bridgehead atoms. The van der Waals surface area contributed by atoms with Crippen LogP contribution >= 0.6 is 0 Å². The molecular weight excluding hydrogens is 386 g/mol. The van der Waals surface area contributed by atoms with E-state index in [9.17, 15) is 4.79 Å². The van der Waals surface area contributed by atoms with Gasteiger partial charge in [-0.15, -0.1) is 0 Å². The number of benzene rings is 2. The van der Waals surface area contributed by atoms with Crippen molar-refractivity contribution in [3.05, 3.63) is 64.7 Å². The number of likely N-dealkylation sites (N-methyl/N-ethyl adjacent to an activating group) is 1. The zero-order chi connectivity index (χ0) is 22.0. The minimum absolute atomic E-state index is 0.0142. The Labute approximate surface area is 186 Å². The highest BCUT2D eigenvalue weighted by molar-refractivity contribution is 5.94. The van der Waals surface area contributed by atoms with Crippen molar-refractivity contribution in [3.8, 4) is 0 Å². The molecule has 1 saturated heterocycles. The van der Waals surface area contributed by atoms with Gasteiger partial charge < -0.3 is 15.0 Å². The van der Waals surface area contributed by atoms with Crippen molar-refractivity contribution < 1.29 is 9.53 Å². The van der Waals surface area contributed by atoms with Gasteiger partial charge >= 0.3 is 0 Å². The lowest BCUT2D eigenvalue weighted by molar-refractivity contribution is 0.0162. The van der Waals surface area contributed by atoms with Crippen molar-refractivity contribution in [3.63, 3.8) is 0 Å². The zero-order valence-electron chi connectivity index (χ0n) is 19.3. The summed E-state index contributed by atoms with van der Waals surface area (Å²) in [6.07, 6.45) is 1.09. The summed E-state index contributed by atoms with van der Waals surface area (Å²) >= 11 is 0. The van der Waals surface area contributed by atoms with Gasteiger partial charge in [0.15, 0.2) is 0 Å². The molecule has 4 rings (SSSR count). The number of carbonyl (C=O) groups is 1. The first kappa shape index (κ1) is 21.8. The fourth-order valence-corrected chi connectivity index (χ4v) is 4.55. The monoisotopic (exact) mass is 421 g/mol. The first-order chi connectivity index (χ1) is 14.8. The largest absolute Gasteiger partial charge is 0.379 e. The van der Waals surface area contributed by atoms with Crippen LogP contribution in [-0.4, -0.2) is 57.2 Å². The number of hydrogen-bond donors (Lipinski definition) is 1. The van der Waals surface area contributed by atoms with E-state index >= 15 is 0 Å². The summed E-state index contributed by atoms with van der Waals surface area (Å²) in [5.41, 5.74) is 6.04. The molecule has 1 N–H and O–H groups in total. The van der Waals surface area contributed by atoms with Crippen LogP contribution < -0.4 is 10.2 Å². The molecule has 1 atom stereocenters. The molecule has 5 heteroatoms. The van der Waals surface area contributed by atoms with E-state index < -0.39 is 0 Å². The third-order valence-electron chi connectivity index (χ3n) is 6.57. The van der Waals surface area contributed by atoms with Crippen LogP contribution in [0.5, 0.6) is 0 Å². The highest BCUT2D eigenvalue weighted by Gasteiger charge is 2.25. The molecule has 2 aliphatic heterocycles. The Hall–Kier alpha value is -2.37. The average molecular weight is 422 g/mol. The Bertz CT molecular complexity index is 911. The number of nitrogens with zero attached hydrogens (tertiary/aromatic N) is 2. The zero-order valence-corrected chi connectivity index (χ0v) is 19.3. The Morgan fingerprint density at radius 3 is 2.45 bits per heavy atom. The number of hydrogen-bond acceptors (Lipinski definition) is 4. The Balaban J connectivity index is 1.49. The smallest absolute Gasteiger partial charge is 0.251 e. The topological polar surface area (TPSA) is 44.8 Å². The van der Waals surface area contributed by atoms with Crippen LogP contribution in [0.2, 0.25) is 0 Å². The number of ether oxygens (including phenoxy) is 1. The van der Waals surface area contributed by atoms with Gasteiger partial charge in [-0.05, 0) is 46.7 Å². The molecule has 0 spiro atoms. The van der Waals surface area contributed by atoms with Crippen LogP contribution in [0.3, 0.4) is 0 Å². The van der Waals surface area contributed by atoms with Crippen LogP contribution in [0, 0.1) is 0 Å². The molecule has 166 valence electrons. The molecule has 0 radical (unpaired) electrons. The van der Waals surface area contributed by atoms with Gasteiger partial charge in [-0.25, -0.2) is 0 Å². The Morgan fingerprint density at radius 2 is 1.77 bits per heavy atom.